The van der Waals surface area contributed by atoms with Crippen molar-refractivity contribution in [3.8, 4) is 0 Å². The molecule has 3 nitrogen and oxygen atoms in total. The van der Waals surface area contributed by atoms with Crippen molar-refractivity contribution < 1.29 is 18.3 Å². The maximum Gasteiger partial charge on any atom is 0.307 e. The number of ether oxygens (including phenoxy) is 1. The number of carbonyl (C=O) groups is 1. The van der Waals surface area contributed by atoms with Crippen molar-refractivity contribution in [2.75, 3.05) is 11.9 Å². The van der Waals surface area contributed by atoms with Crippen molar-refractivity contribution in [1.29, 1.82) is 0 Å². The molecule has 1 N–H and O–H groups in total. The Bertz CT molecular complexity index is 435. The van der Waals surface area contributed by atoms with Crippen molar-refractivity contribution in [1.82, 2.24) is 0 Å². The summed E-state index contributed by atoms with van der Waals surface area (Å²) < 4.78 is 31.6. The molecule has 1 atom stereocenters. The van der Waals surface area contributed by atoms with Gasteiger partial charge in [0.2, 0.25) is 0 Å². The number of aryl methyl sites for hydroxylation is 1. The lowest BCUT2D eigenvalue weighted by Gasteiger charge is -2.15. The Morgan fingerprint density at radius 2 is 2.06 bits per heavy atom. The fraction of sp³-hybridized carbons (Fsp3) is 0.462. The second-order valence-electron chi connectivity index (χ2n) is 4.14. The van der Waals surface area contributed by atoms with Gasteiger partial charge in [0, 0.05) is 12.1 Å². The summed E-state index contributed by atoms with van der Waals surface area (Å²) in [7, 11) is 0. The quantitative estimate of drug-likeness (QED) is 0.824. The zero-order chi connectivity index (χ0) is 13.7. The summed E-state index contributed by atoms with van der Waals surface area (Å²) in [5.74, 6) is -1.39. The number of hydrogen-bond donors (Lipinski definition) is 1. The Labute approximate surface area is 105 Å². The summed E-state index contributed by atoms with van der Waals surface area (Å²) >= 11 is 0. The monoisotopic (exact) mass is 257 g/mol. The number of carbonyl (C=O) groups excluding carboxylic acids is 1. The summed E-state index contributed by atoms with van der Waals surface area (Å²) in [5, 5.41) is 2.75. The molecule has 0 saturated heterocycles. The van der Waals surface area contributed by atoms with Gasteiger partial charge in [-0.05, 0) is 32.4 Å². The Morgan fingerprint density at radius 1 is 1.39 bits per heavy atom. The van der Waals surface area contributed by atoms with Crippen LogP contribution in [0, 0.1) is 18.6 Å². The fourth-order valence-electron chi connectivity index (χ4n) is 1.54. The van der Waals surface area contributed by atoms with Gasteiger partial charge in [-0.25, -0.2) is 8.78 Å². The summed E-state index contributed by atoms with van der Waals surface area (Å²) in [4.78, 5) is 11.2. The summed E-state index contributed by atoms with van der Waals surface area (Å²) in [6, 6.07) is 1.88. The van der Waals surface area contributed by atoms with E-state index in [1.165, 1.54) is 6.92 Å². The third kappa shape index (κ3) is 3.98. The minimum absolute atomic E-state index is 0.0508. The molecule has 0 fully saturated rings. The molecule has 0 saturated carbocycles. The molecular formula is C13H17F2NO2. The molecular weight excluding hydrogens is 240 g/mol. The van der Waals surface area contributed by atoms with Crippen LogP contribution in [-0.2, 0) is 9.53 Å². The lowest BCUT2D eigenvalue weighted by atomic mass is 10.1. The molecule has 1 aromatic carbocycles. The number of anilines is 1. The van der Waals surface area contributed by atoms with Crippen LogP contribution in [0.25, 0.3) is 0 Å². The molecule has 0 aliphatic rings. The van der Waals surface area contributed by atoms with Crippen LogP contribution in [0.2, 0.25) is 0 Å². The van der Waals surface area contributed by atoms with E-state index in [1.54, 1.807) is 13.8 Å². The van der Waals surface area contributed by atoms with Gasteiger partial charge in [0.05, 0.1) is 18.7 Å². The molecule has 100 valence electrons. The maximum atomic E-state index is 13.5. The molecule has 5 heteroatoms. The predicted molar refractivity (Wildman–Crippen MR) is 65.4 cm³/mol. The second-order valence-corrected chi connectivity index (χ2v) is 4.14. The first-order valence-electron chi connectivity index (χ1n) is 5.81. The van der Waals surface area contributed by atoms with E-state index in [0.717, 1.165) is 12.1 Å². The number of esters is 1. The van der Waals surface area contributed by atoms with Crippen molar-refractivity contribution >= 4 is 11.7 Å². The highest BCUT2D eigenvalue weighted by Crippen LogP contribution is 2.20. The third-order valence-corrected chi connectivity index (χ3v) is 2.43. The summed E-state index contributed by atoms with van der Waals surface area (Å²) in [6.45, 7) is 5.21. The van der Waals surface area contributed by atoms with Gasteiger partial charge in [0.25, 0.3) is 0 Å². The first-order valence-corrected chi connectivity index (χ1v) is 5.81. The zero-order valence-corrected chi connectivity index (χ0v) is 10.7. The van der Waals surface area contributed by atoms with E-state index in [0.29, 0.717) is 6.61 Å². The summed E-state index contributed by atoms with van der Waals surface area (Å²) in [5.41, 5.74) is 0.297. The van der Waals surface area contributed by atoms with Crippen LogP contribution in [0.4, 0.5) is 14.5 Å². The minimum atomic E-state index is -0.537. The molecule has 0 bridgehead atoms. The highest BCUT2D eigenvalue weighted by atomic mass is 19.1. The van der Waals surface area contributed by atoms with E-state index in [1.807, 2.05) is 0 Å². The van der Waals surface area contributed by atoms with Crippen molar-refractivity contribution in [3.05, 3.63) is 29.3 Å². The molecule has 18 heavy (non-hydrogen) atoms. The Balaban J connectivity index is 2.67. The van der Waals surface area contributed by atoms with Crippen LogP contribution < -0.4 is 5.32 Å². The SMILES string of the molecule is CCOC(=O)CC(C)Nc1cc(F)c(C)cc1F. The van der Waals surface area contributed by atoms with Gasteiger partial charge in [-0.1, -0.05) is 0 Å². The Morgan fingerprint density at radius 3 is 2.67 bits per heavy atom. The minimum Gasteiger partial charge on any atom is -0.466 e. The molecule has 1 aromatic rings. The van der Waals surface area contributed by atoms with Crippen molar-refractivity contribution in [3.63, 3.8) is 0 Å². The lowest BCUT2D eigenvalue weighted by Crippen LogP contribution is -2.21. The second kappa shape index (κ2) is 6.33. The van der Waals surface area contributed by atoms with Crippen LogP contribution in [0.5, 0.6) is 0 Å². The molecule has 1 rings (SSSR count). The van der Waals surface area contributed by atoms with Gasteiger partial charge in [-0.2, -0.15) is 0 Å². The molecule has 0 radical (unpaired) electrons. The Kier molecular flexibility index (Phi) is 5.07. The van der Waals surface area contributed by atoms with E-state index in [4.69, 9.17) is 4.74 Å². The smallest absolute Gasteiger partial charge is 0.307 e. The fourth-order valence-corrected chi connectivity index (χ4v) is 1.54. The number of benzene rings is 1. The van der Waals surface area contributed by atoms with Crippen molar-refractivity contribution in [2.24, 2.45) is 0 Å². The molecule has 0 aliphatic heterocycles. The number of nitrogens with one attached hydrogen (secondary N) is 1. The summed E-state index contributed by atoms with van der Waals surface area (Å²) in [6.07, 6.45) is 0.1000. The van der Waals surface area contributed by atoms with E-state index < -0.39 is 11.6 Å². The first-order chi connectivity index (χ1) is 8.43. The Hall–Kier alpha value is -1.65. The van der Waals surface area contributed by atoms with Crippen LogP contribution >= 0.6 is 0 Å². The van der Waals surface area contributed by atoms with Crippen LogP contribution in [0.15, 0.2) is 12.1 Å². The predicted octanol–water partition coefficient (Wildman–Crippen LogP) is 3.03. The highest BCUT2D eigenvalue weighted by molar-refractivity contribution is 5.70. The van der Waals surface area contributed by atoms with Crippen LogP contribution in [-0.4, -0.2) is 18.6 Å². The van der Waals surface area contributed by atoms with Gasteiger partial charge < -0.3 is 10.1 Å². The van der Waals surface area contributed by atoms with Gasteiger partial charge in [0.1, 0.15) is 11.6 Å². The molecule has 0 spiro atoms. The van der Waals surface area contributed by atoms with E-state index in [-0.39, 0.29) is 29.7 Å². The van der Waals surface area contributed by atoms with Gasteiger partial charge in [-0.3, -0.25) is 4.79 Å². The molecule has 1 unspecified atom stereocenters. The molecule has 0 heterocycles. The van der Waals surface area contributed by atoms with Crippen LogP contribution in [0.3, 0.4) is 0 Å². The van der Waals surface area contributed by atoms with Crippen LogP contribution in [0.1, 0.15) is 25.8 Å². The zero-order valence-electron chi connectivity index (χ0n) is 10.7. The average molecular weight is 257 g/mol. The van der Waals surface area contributed by atoms with E-state index >= 15 is 0 Å². The largest absolute Gasteiger partial charge is 0.466 e. The average Bonchev–Trinajstić information content (AvgIpc) is 2.26. The molecule has 0 aliphatic carbocycles. The first kappa shape index (κ1) is 14.4. The normalized spacial score (nSPS) is 12.1. The van der Waals surface area contributed by atoms with Gasteiger partial charge >= 0.3 is 5.97 Å². The number of rotatable bonds is 5. The number of hydrogen-bond acceptors (Lipinski definition) is 3. The van der Waals surface area contributed by atoms with E-state index in [2.05, 4.69) is 5.32 Å². The van der Waals surface area contributed by atoms with Crippen molar-refractivity contribution in [2.45, 2.75) is 33.2 Å². The third-order valence-electron chi connectivity index (χ3n) is 2.43. The molecule has 0 aromatic heterocycles. The number of halogens is 2. The maximum absolute atomic E-state index is 13.5. The van der Waals surface area contributed by atoms with Gasteiger partial charge in [-0.15, -0.1) is 0 Å². The van der Waals surface area contributed by atoms with Gasteiger partial charge in [0.15, 0.2) is 0 Å². The highest BCUT2D eigenvalue weighted by Gasteiger charge is 2.13. The van der Waals surface area contributed by atoms with E-state index in [9.17, 15) is 13.6 Å². The standard InChI is InChI=1S/C13H17F2NO2/c1-4-18-13(17)6-9(3)16-12-7-10(14)8(2)5-11(12)15/h5,7,9,16H,4,6H2,1-3H3. The lowest BCUT2D eigenvalue weighted by molar-refractivity contribution is -0.143. The topological polar surface area (TPSA) is 38.3 Å². The molecule has 0 amide bonds.